The summed E-state index contributed by atoms with van der Waals surface area (Å²) >= 11 is 0. The van der Waals surface area contributed by atoms with Crippen molar-refractivity contribution in [2.45, 2.75) is 20.4 Å². The average Bonchev–Trinajstić information content (AvgIpc) is 3.01. The van der Waals surface area contributed by atoms with Gasteiger partial charge in [-0.05, 0) is 37.1 Å². The van der Waals surface area contributed by atoms with Gasteiger partial charge < -0.3 is 10.1 Å². The van der Waals surface area contributed by atoms with E-state index in [4.69, 9.17) is 4.74 Å². The van der Waals surface area contributed by atoms with Gasteiger partial charge >= 0.3 is 6.03 Å². The molecule has 0 saturated heterocycles. The van der Waals surface area contributed by atoms with Gasteiger partial charge in [-0.2, -0.15) is 0 Å². The van der Waals surface area contributed by atoms with Crippen LogP contribution in [0.2, 0.25) is 0 Å². The topological polar surface area (TPSA) is 81.1 Å². The molecule has 0 aliphatic rings. The number of carbonyl (C=O) groups excluding carboxylic acids is 1. The van der Waals surface area contributed by atoms with Crippen LogP contribution in [0.15, 0.2) is 48.8 Å². The first-order valence-corrected chi connectivity index (χ1v) is 8.21. The summed E-state index contributed by atoms with van der Waals surface area (Å²) in [4.78, 5) is 16.3. The molecule has 0 unspecified atom stereocenters. The van der Waals surface area contributed by atoms with Crippen LogP contribution in [0.4, 0.5) is 16.4 Å². The molecule has 0 bridgehead atoms. The highest BCUT2D eigenvalue weighted by Crippen LogP contribution is 2.25. The smallest absolute Gasteiger partial charge is 0.326 e. The number of methoxy groups -OCH3 is 1. The number of rotatable bonds is 5. The van der Waals surface area contributed by atoms with Crippen LogP contribution >= 0.6 is 0 Å². The molecule has 0 saturated carbocycles. The Bertz CT molecular complexity index is 920. The molecule has 3 aromatic rings. The van der Waals surface area contributed by atoms with E-state index < -0.39 is 6.03 Å². The first-order valence-electron chi connectivity index (χ1n) is 8.21. The fourth-order valence-electron chi connectivity index (χ4n) is 2.60. The summed E-state index contributed by atoms with van der Waals surface area (Å²) in [5.74, 6) is 0.824. The first kappa shape index (κ1) is 17.5. The van der Waals surface area contributed by atoms with Crippen LogP contribution in [0.3, 0.4) is 0 Å². The number of ether oxygens (including phenoxy) is 1. The van der Waals surface area contributed by atoms with Crippen LogP contribution in [0.5, 0.6) is 5.75 Å². The highest BCUT2D eigenvalue weighted by atomic mass is 16.5. The molecule has 0 aliphatic carbocycles. The Kier molecular flexibility index (Phi) is 5.17. The number of hydrogen-bond donors (Lipinski definition) is 2. The molecule has 0 fully saturated rings. The molecule has 134 valence electrons. The van der Waals surface area contributed by atoms with Gasteiger partial charge in [0.05, 0.1) is 19.3 Å². The summed E-state index contributed by atoms with van der Waals surface area (Å²) < 4.78 is 6.93. The minimum Gasteiger partial charge on any atom is -0.495 e. The molecule has 2 N–H and O–H groups in total. The summed E-state index contributed by atoms with van der Waals surface area (Å²) in [6.07, 6.45) is 1.59. The SMILES string of the molecule is COc1ccc(C)cc1NC(=O)Nc1ncn(Cc2cccc(C)c2)n1. The number of anilines is 2. The largest absolute Gasteiger partial charge is 0.495 e. The Morgan fingerprint density at radius 3 is 2.69 bits per heavy atom. The van der Waals surface area contributed by atoms with E-state index in [1.807, 2.05) is 44.2 Å². The maximum Gasteiger partial charge on any atom is 0.326 e. The van der Waals surface area contributed by atoms with Crippen LogP contribution in [0, 0.1) is 13.8 Å². The van der Waals surface area contributed by atoms with Crippen molar-refractivity contribution in [3.8, 4) is 5.75 Å². The van der Waals surface area contributed by atoms with Gasteiger partial charge in [0.25, 0.3) is 0 Å². The van der Waals surface area contributed by atoms with Gasteiger partial charge in [0.15, 0.2) is 0 Å². The van der Waals surface area contributed by atoms with Crippen molar-refractivity contribution in [2.24, 2.45) is 0 Å². The molecule has 7 heteroatoms. The van der Waals surface area contributed by atoms with E-state index in [0.717, 1.165) is 11.1 Å². The molecule has 0 spiro atoms. The number of hydrogen-bond acceptors (Lipinski definition) is 4. The zero-order chi connectivity index (χ0) is 18.5. The number of urea groups is 1. The minimum atomic E-state index is -0.429. The van der Waals surface area contributed by atoms with Crippen molar-refractivity contribution in [1.29, 1.82) is 0 Å². The summed E-state index contributed by atoms with van der Waals surface area (Å²) in [5, 5.41) is 9.66. The van der Waals surface area contributed by atoms with Gasteiger partial charge in [-0.1, -0.05) is 35.9 Å². The van der Waals surface area contributed by atoms with E-state index in [9.17, 15) is 4.79 Å². The molecule has 1 heterocycles. The fourth-order valence-corrected chi connectivity index (χ4v) is 2.60. The van der Waals surface area contributed by atoms with E-state index in [1.165, 1.54) is 5.56 Å². The normalized spacial score (nSPS) is 10.4. The third-order valence-electron chi connectivity index (χ3n) is 3.79. The second-order valence-electron chi connectivity index (χ2n) is 6.04. The van der Waals surface area contributed by atoms with Gasteiger partial charge in [-0.15, -0.1) is 5.10 Å². The number of aromatic nitrogens is 3. The molecular weight excluding hydrogens is 330 g/mol. The second-order valence-corrected chi connectivity index (χ2v) is 6.04. The van der Waals surface area contributed by atoms with E-state index in [2.05, 4.69) is 26.8 Å². The number of benzene rings is 2. The molecule has 7 nitrogen and oxygen atoms in total. The second kappa shape index (κ2) is 7.69. The average molecular weight is 351 g/mol. The molecule has 1 aromatic heterocycles. The zero-order valence-corrected chi connectivity index (χ0v) is 15.0. The minimum absolute atomic E-state index is 0.238. The van der Waals surface area contributed by atoms with Crippen LogP contribution in [0.1, 0.15) is 16.7 Å². The van der Waals surface area contributed by atoms with E-state index in [1.54, 1.807) is 24.2 Å². The lowest BCUT2D eigenvalue weighted by Crippen LogP contribution is -2.20. The van der Waals surface area contributed by atoms with Gasteiger partial charge in [0, 0.05) is 0 Å². The third kappa shape index (κ3) is 4.38. The number of carbonyl (C=O) groups is 1. The lowest BCUT2D eigenvalue weighted by Gasteiger charge is -2.10. The predicted molar refractivity (Wildman–Crippen MR) is 101 cm³/mol. The van der Waals surface area contributed by atoms with Gasteiger partial charge in [-0.25, -0.2) is 14.5 Å². The van der Waals surface area contributed by atoms with Crippen molar-refractivity contribution in [2.75, 3.05) is 17.7 Å². The Balaban J connectivity index is 1.64. The van der Waals surface area contributed by atoms with E-state index in [-0.39, 0.29) is 5.95 Å². The maximum atomic E-state index is 12.2. The Morgan fingerprint density at radius 1 is 1.12 bits per heavy atom. The highest BCUT2D eigenvalue weighted by molar-refractivity contribution is 5.99. The molecule has 26 heavy (non-hydrogen) atoms. The first-order chi connectivity index (χ1) is 12.5. The molecule has 0 radical (unpaired) electrons. The molecule has 2 aromatic carbocycles. The maximum absolute atomic E-state index is 12.2. The number of nitrogens with zero attached hydrogens (tertiary/aromatic N) is 3. The van der Waals surface area contributed by atoms with Crippen LogP contribution < -0.4 is 15.4 Å². The third-order valence-corrected chi connectivity index (χ3v) is 3.79. The Labute approximate surface area is 152 Å². The number of aryl methyl sites for hydroxylation is 2. The summed E-state index contributed by atoms with van der Waals surface area (Å²) in [6.45, 7) is 4.57. The van der Waals surface area contributed by atoms with Gasteiger partial charge in [-0.3, -0.25) is 5.32 Å². The zero-order valence-electron chi connectivity index (χ0n) is 15.0. The van der Waals surface area contributed by atoms with Crippen molar-refractivity contribution >= 4 is 17.7 Å². The lowest BCUT2D eigenvalue weighted by atomic mass is 10.1. The molecule has 0 atom stereocenters. The van der Waals surface area contributed by atoms with Crippen molar-refractivity contribution in [3.63, 3.8) is 0 Å². The van der Waals surface area contributed by atoms with Crippen molar-refractivity contribution in [3.05, 3.63) is 65.5 Å². The van der Waals surface area contributed by atoms with E-state index in [0.29, 0.717) is 18.0 Å². The van der Waals surface area contributed by atoms with Crippen LogP contribution in [0.25, 0.3) is 0 Å². The molecule has 2 amide bonds. The Hall–Kier alpha value is -3.35. The fraction of sp³-hybridized carbons (Fsp3) is 0.211. The lowest BCUT2D eigenvalue weighted by molar-refractivity contribution is 0.262. The number of nitrogens with one attached hydrogen (secondary N) is 2. The van der Waals surface area contributed by atoms with Crippen LogP contribution in [-0.4, -0.2) is 27.9 Å². The summed E-state index contributed by atoms with van der Waals surface area (Å²) in [7, 11) is 1.56. The predicted octanol–water partition coefficient (Wildman–Crippen LogP) is 3.60. The quantitative estimate of drug-likeness (QED) is 0.736. The highest BCUT2D eigenvalue weighted by Gasteiger charge is 2.10. The number of amides is 2. The van der Waals surface area contributed by atoms with E-state index >= 15 is 0 Å². The van der Waals surface area contributed by atoms with Gasteiger partial charge in [0.2, 0.25) is 5.95 Å². The molecular formula is C19H21N5O2. The van der Waals surface area contributed by atoms with Crippen molar-refractivity contribution in [1.82, 2.24) is 14.8 Å². The molecule has 3 rings (SSSR count). The summed E-state index contributed by atoms with van der Waals surface area (Å²) in [5.41, 5.74) is 3.91. The molecule has 0 aliphatic heterocycles. The summed E-state index contributed by atoms with van der Waals surface area (Å²) in [6, 6.07) is 13.3. The Morgan fingerprint density at radius 2 is 1.92 bits per heavy atom. The van der Waals surface area contributed by atoms with Gasteiger partial charge in [0.1, 0.15) is 12.1 Å². The van der Waals surface area contributed by atoms with Crippen molar-refractivity contribution < 1.29 is 9.53 Å². The monoisotopic (exact) mass is 351 g/mol. The van der Waals surface area contributed by atoms with Crippen LogP contribution in [-0.2, 0) is 6.54 Å². The standard InChI is InChI=1S/C19H21N5O2/c1-13-5-4-6-15(9-13)11-24-12-20-18(23-24)22-19(25)21-16-10-14(2)7-8-17(16)26-3/h4-10,12H,11H2,1-3H3,(H2,21,22,23,25).